The maximum atomic E-state index is 12.6. The molecular formula is C19H18N4O5. The van der Waals surface area contributed by atoms with Gasteiger partial charge in [-0.1, -0.05) is 11.2 Å². The molecule has 2 aromatic heterocycles. The summed E-state index contributed by atoms with van der Waals surface area (Å²) in [6, 6.07) is 11.1. The number of ether oxygens (including phenoxy) is 2. The highest BCUT2D eigenvalue weighted by Crippen LogP contribution is 2.29. The maximum Gasteiger partial charge on any atom is 0.275 e. The Balaban J connectivity index is 1.76. The summed E-state index contributed by atoms with van der Waals surface area (Å²) in [6.07, 6.45) is 0. The fraction of sp³-hybridized carbons (Fsp3) is 0.158. The highest BCUT2D eigenvalue weighted by molar-refractivity contribution is 6.06. The average Bonchev–Trinajstić information content (AvgIpc) is 3.12. The highest BCUT2D eigenvalue weighted by Gasteiger charge is 2.15. The summed E-state index contributed by atoms with van der Waals surface area (Å²) in [5.74, 6) is 0.852. The first kappa shape index (κ1) is 18.9. The summed E-state index contributed by atoms with van der Waals surface area (Å²) in [5, 5.41) is 8.95. The summed E-state index contributed by atoms with van der Waals surface area (Å²) in [6.45, 7) is 1.71. The van der Waals surface area contributed by atoms with Gasteiger partial charge in [-0.15, -0.1) is 0 Å². The first-order valence-corrected chi connectivity index (χ1v) is 8.25. The predicted octanol–water partition coefficient (Wildman–Crippen LogP) is 2.90. The monoisotopic (exact) mass is 382 g/mol. The lowest BCUT2D eigenvalue weighted by atomic mass is 10.2. The van der Waals surface area contributed by atoms with E-state index >= 15 is 0 Å². The summed E-state index contributed by atoms with van der Waals surface area (Å²) in [4.78, 5) is 29.0. The number of hydrogen-bond acceptors (Lipinski definition) is 7. The molecule has 2 N–H and O–H groups in total. The first-order chi connectivity index (χ1) is 13.5. The molecule has 0 radical (unpaired) electrons. The van der Waals surface area contributed by atoms with Crippen molar-refractivity contribution in [1.29, 1.82) is 0 Å². The molecule has 3 rings (SSSR count). The van der Waals surface area contributed by atoms with Gasteiger partial charge in [0.25, 0.3) is 11.8 Å². The van der Waals surface area contributed by atoms with Crippen molar-refractivity contribution < 1.29 is 23.6 Å². The van der Waals surface area contributed by atoms with Crippen LogP contribution in [0.2, 0.25) is 0 Å². The molecule has 3 aromatic rings. The lowest BCUT2D eigenvalue weighted by Gasteiger charge is -2.11. The zero-order chi connectivity index (χ0) is 20.1. The highest BCUT2D eigenvalue weighted by atomic mass is 16.5. The minimum absolute atomic E-state index is 0.0648. The number of rotatable bonds is 6. The molecule has 0 aliphatic carbocycles. The summed E-state index contributed by atoms with van der Waals surface area (Å²) in [5.41, 5.74) is 0.583. The van der Waals surface area contributed by atoms with Crippen LogP contribution in [0.1, 0.15) is 26.7 Å². The average molecular weight is 382 g/mol. The number of methoxy groups -OCH3 is 2. The minimum atomic E-state index is -0.509. The molecule has 0 aliphatic rings. The Morgan fingerprint density at radius 1 is 0.964 bits per heavy atom. The van der Waals surface area contributed by atoms with Crippen molar-refractivity contribution in [2.75, 3.05) is 24.9 Å². The van der Waals surface area contributed by atoms with E-state index < -0.39 is 11.8 Å². The van der Waals surface area contributed by atoms with Crippen LogP contribution in [0.25, 0.3) is 0 Å². The predicted molar refractivity (Wildman–Crippen MR) is 101 cm³/mol. The molecule has 0 spiro atoms. The lowest BCUT2D eigenvalue weighted by Crippen LogP contribution is -2.18. The number of anilines is 2. The number of nitrogens with one attached hydrogen (secondary N) is 2. The van der Waals surface area contributed by atoms with Gasteiger partial charge in [-0.2, -0.15) is 0 Å². The van der Waals surface area contributed by atoms with Crippen LogP contribution in [-0.2, 0) is 0 Å². The van der Waals surface area contributed by atoms with Crippen LogP contribution in [0.15, 0.2) is 47.0 Å². The molecule has 9 nitrogen and oxygen atoms in total. The first-order valence-electron chi connectivity index (χ1n) is 8.25. The Labute approximate surface area is 160 Å². The fourth-order valence-corrected chi connectivity index (χ4v) is 2.38. The van der Waals surface area contributed by atoms with E-state index in [9.17, 15) is 9.59 Å². The van der Waals surface area contributed by atoms with Gasteiger partial charge in [0.2, 0.25) is 0 Å². The van der Waals surface area contributed by atoms with Crippen molar-refractivity contribution in [1.82, 2.24) is 10.1 Å². The van der Waals surface area contributed by atoms with Crippen molar-refractivity contribution in [2.45, 2.75) is 6.92 Å². The van der Waals surface area contributed by atoms with Gasteiger partial charge in [0.15, 0.2) is 5.82 Å². The van der Waals surface area contributed by atoms with Gasteiger partial charge in [0.05, 0.1) is 19.9 Å². The molecular weight excluding hydrogens is 364 g/mol. The van der Waals surface area contributed by atoms with E-state index in [2.05, 4.69) is 20.8 Å². The van der Waals surface area contributed by atoms with E-state index in [1.807, 2.05) is 0 Å². The van der Waals surface area contributed by atoms with Gasteiger partial charge in [-0.05, 0) is 31.2 Å². The number of carbonyl (C=O) groups is 2. The van der Waals surface area contributed by atoms with E-state index in [-0.39, 0.29) is 17.2 Å². The molecule has 2 amide bonds. The van der Waals surface area contributed by atoms with Crippen LogP contribution >= 0.6 is 0 Å². The van der Waals surface area contributed by atoms with Gasteiger partial charge >= 0.3 is 0 Å². The van der Waals surface area contributed by atoms with E-state index in [1.54, 1.807) is 37.3 Å². The number of aromatic nitrogens is 2. The second kappa shape index (κ2) is 8.21. The van der Waals surface area contributed by atoms with Crippen molar-refractivity contribution in [3.05, 3.63) is 59.6 Å². The number of amides is 2. The molecule has 0 saturated heterocycles. The topological polar surface area (TPSA) is 116 Å². The Kier molecular flexibility index (Phi) is 5.54. The van der Waals surface area contributed by atoms with Gasteiger partial charge in [-0.3, -0.25) is 9.59 Å². The van der Waals surface area contributed by atoms with Crippen molar-refractivity contribution in [3.63, 3.8) is 0 Å². The van der Waals surface area contributed by atoms with E-state index in [1.165, 1.54) is 26.4 Å². The van der Waals surface area contributed by atoms with Crippen LogP contribution in [0.4, 0.5) is 11.5 Å². The third kappa shape index (κ3) is 4.26. The summed E-state index contributed by atoms with van der Waals surface area (Å²) < 4.78 is 15.3. The molecule has 0 aliphatic heterocycles. The zero-order valence-corrected chi connectivity index (χ0v) is 15.5. The Hall–Kier alpha value is -3.88. The Morgan fingerprint density at radius 2 is 1.68 bits per heavy atom. The number of carbonyl (C=O) groups excluding carboxylic acids is 2. The molecule has 0 unspecified atom stereocenters. The number of pyridine rings is 1. The summed E-state index contributed by atoms with van der Waals surface area (Å²) in [7, 11) is 3.02. The number of hydrogen-bond donors (Lipinski definition) is 2. The van der Waals surface area contributed by atoms with Gasteiger partial charge < -0.3 is 24.6 Å². The maximum absolute atomic E-state index is 12.6. The third-order valence-electron chi connectivity index (χ3n) is 3.74. The molecule has 0 saturated carbocycles. The molecule has 1 aromatic carbocycles. The SMILES string of the molecule is COc1ccc(NC(=O)c2cccc(C(=O)Nc3cc(C)on3)n2)c(OC)c1. The van der Waals surface area contributed by atoms with Crippen LogP contribution in [-0.4, -0.2) is 36.2 Å². The normalized spacial score (nSPS) is 10.2. The zero-order valence-electron chi connectivity index (χ0n) is 15.5. The second-order valence-corrected chi connectivity index (χ2v) is 5.71. The van der Waals surface area contributed by atoms with Gasteiger partial charge in [-0.25, -0.2) is 4.98 Å². The standard InChI is InChI=1S/C19H18N4O5/c1-11-9-17(23-28-11)22-19(25)15-6-4-5-14(20-15)18(24)21-13-8-7-12(26-2)10-16(13)27-3/h4-10H,1-3H3,(H,21,24)(H,22,23,25). The van der Waals surface area contributed by atoms with E-state index in [0.717, 1.165) is 0 Å². The fourth-order valence-electron chi connectivity index (χ4n) is 2.38. The molecule has 0 fully saturated rings. The largest absolute Gasteiger partial charge is 0.497 e. The van der Waals surface area contributed by atoms with Crippen LogP contribution in [0.5, 0.6) is 11.5 Å². The lowest BCUT2D eigenvalue weighted by molar-refractivity contribution is 0.101. The summed E-state index contributed by atoms with van der Waals surface area (Å²) >= 11 is 0. The van der Waals surface area contributed by atoms with Crippen molar-refractivity contribution in [3.8, 4) is 11.5 Å². The minimum Gasteiger partial charge on any atom is -0.497 e. The molecule has 9 heteroatoms. The quantitative estimate of drug-likeness (QED) is 0.673. The smallest absolute Gasteiger partial charge is 0.275 e. The van der Waals surface area contributed by atoms with E-state index in [0.29, 0.717) is 22.9 Å². The Morgan fingerprint density at radius 3 is 2.29 bits per heavy atom. The Bertz CT molecular complexity index is 1020. The third-order valence-corrected chi connectivity index (χ3v) is 3.74. The van der Waals surface area contributed by atoms with Crippen molar-refractivity contribution in [2.24, 2.45) is 0 Å². The molecule has 0 bridgehead atoms. The number of nitrogens with zero attached hydrogens (tertiary/aromatic N) is 2. The van der Waals surface area contributed by atoms with Crippen LogP contribution in [0, 0.1) is 6.92 Å². The van der Waals surface area contributed by atoms with E-state index in [4.69, 9.17) is 14.0 Å². The van der Waals surface area contributed by atoms with Crippen molar-refractivity contribution >= 4 is 23.3 Å². The van der Waals surface area contributed by atoms with Gasteiger partial charge in [0, 0.05) is 12.1 Å². The number of benzene rings is 1. The molecule has 144 valence electrons. The molecule has 2 heterocycles. The van der Waals surface area contributed by atoms with Crippen LogP contribution < -0.4 is 20.1 Å². The number of aryl methyl sites for hydroxylation is 1. The van der Waals surface area contributed by atoms with Crippen LogP contribution in [0.3, 0.4) is 0 Å². The molecule has 28 heavy (non-hydrogen) atoms. The second-order valence-electron chi connectivity index (χ2n) is 5.71. The van der Waals surface area contributed by atoms with Gasteiger partial charge in [0.1, 0.15) is 28.6 Å². The molecule has 0 atom stereocenters.